The van der Waals surface area contributed by atoms with Crippen molar-refractivity contribution in [2.24, 2.45) is 0 Å². The number of alkyl halides is 1. The van der Waals surface area contributed by atoms with Crippen LogP contribution in [0.5, 0.6) is 0 Å². The highest BCUT2D eigenvalue weighted by Crippen LogP contribution is 2.25. The number of hydrogen-bond acceptors (Lipinski definition) is 0. The van der Waals surface area contributed by atoms with E-state index in [1.807, 2.05) is 0 Å². The minimum Gasteiger partial charge on any atom is -0.303 e. The molecule has 0 aliphatic heterocycles. The Labute approximate surface area is 173 Å². The third-order valence-corrected chi connectivity index (χ3v) is 7.03. The number of unbranched alkanes of at least 4 members (excludes halogenated alkanes) is 11. The van der Waals surface area contributed by atoms with Gasteiger partial charge in [-0.1, -0.05) is 78.6 Å². The predicted octanol–water partition coefficient (Wildman–Crippen LogP) is 7.72. The molecule has 0 saturated heterocycles. The molecule has 0 heterocycles. The summed E-state index contributed by atoms with van der Waals surface area (Å²) in [7, 11) is 0. The van der Waals surface area contributed by atoms with Crippen LogP contribution in [-0.4, -0.2) is 28.2 Å². The van der Waals surface area contributed by atoms with Gasteiger partial charge in [-0.2, -0.15) is 0 Å². The first kappa shape index (κ1) is 25.2. The Kier molecular flexibility index (Phi) is 17.8. The van der Waals surface area contributed by atoms with Crippen molar-refractivity contribution >= 4 is 22.6 Å². The van der Waals surface area contributed by atoms with Crippen molar-refractivity contribution in [2.75, 3.05) is 19.6 Å². The lowest BCUT2D eigenvalue weighted by Gasteiger charge is -2.41. The molecule has 0 aromatic carbocycles. The lowest BCUT2D eigenvalue weighted by Crippen LogP contribution is -2.54. The van der Waals surface area contributed by atoms with Gasteiger partial charge in [0.05, 0.1) is 19.6 Å². The molecule has 0 aliphatic rings. The van der Waals surface area contributed by atoms with Crippen LogP contribution in [0.4, 0.5) is 0 Å². The van der Waals surface area contributed by atoms with E-state index in [2.05, 4.69) is 49.3 Å². The first-order valence-electron chi connectivity index (χ1n) is 11.1. The van der Waals surface area contributed by atoms with E-state index in [4.69, 9.17) is 6.42 Å². The lowest BCUT2D eigenvalue weighted by molar-refractivity contribution is -0.927. The quantitative estimate of drug-likeness (QED) is 0.0489. The summed E-state index contributed by atoms with van der Waals surface area (Å²) < 4.78 is 1.52. The van der Waals surface area contributed by atoms with Crippen LogP contribution in [0, 0.1) is 12.3 Å². The predicted molar refractivity (Wildman–Crippen MR) is 123 cm³/mol. The molecule has 0 saturated carbocycles. The number of rotatable bonds is 18. The van der Waals surface area contributed by atoms with Gasteiger partial charge in [-0.05, 0) is 38.0 Å². The maximum Gasteiger partial charge on any atom is 0.200 e. The molecule has 1 nitrogen and oxygen atoms in total. The molecule has 0 N–H and O–H groups in total. The number of hydrogen-bond donors (Lipinski definition) is 0. The second-order valence-corrected chi connectivity index (χ2v) is 8.96. The molecule has 0 spiro atoms. The van der Waals surface area contributed by atoms with Crippen molar-refractivity contribution in [1.29, 1.82) is 0 Å². The molecule has 0 radical (unpaired) electrons. The molecule has 0 aliphatic carbocycles. The summed E-state index contributed by atoms with van der Waals surface area (Å²) in [5, 5.41) is 0. The zero-order valence-electron chi connectivity index (χ0n) is 17.5. The van der Waals surface area contributed by atoms with Gasteiger partial charge < -0.3 is 4.48 Å². The van der Waals surface area contributed by atoms with Gasteiger partial charge in [-0.25, -0.2) is 0 Å². The van der Waals surface area contributed by atoms with Crippen LogP contribution < -0.4 is 0 Å². The molecule has 25 heavy (non-hydrogen) atoms. The summed E-state index contributed by atoms with van der Waals surface area (Å²) in [5.41, 5.74) is 0. The van der Waals surface area contributed by atoms with E-state index < -0.39 is 0 Å². The van der Waals surface area contributed by atoms with Crippen molar-refractivity contribution < 1.29 is 4.48 Å². The molecule has 0 aromatic heterocycles. The number of halogens is 1. The molecule has 2 heteroatoms. The molecular formula is C23H45IN+. The summed E-state index contributed by atoms with van der Waals surface area (Å²) in [6.07, 6.45) is 25.0. The Bertz CT molecular complexity index is 305. The second-order valence-electron chi connectivity index (χ2n) is 7.78. The van der Waals surface area contributed by atoms with Gasteiger partial charge >= 0.3 is 0 Å². The second kappa shape index (κ2) is 17.7. The van der Waals surface area contributed by atoms with Crippen LogP contribution >= 0.6 is 22.6 Å². The van der Waals surface area contributed by atoms with Gasteiger partial charge in [-0.15, -0.1) is 6.42 Å². The maximum atomic E-state index is 5.90. The fraction of sp³-hybridized carbons (Fsp3) is 0.913. The van der Waals surface area contributed by atoms with E-state index >= 15 is 0 Å². The molecule has 1 atom stereocenters. The summed E-state index contributed by atoms with van der Waals surface area (Å²) in [4.78, 5) is 0. The number of nitrogens with zero attached hydrogens (tertiary/aromatic N) is 1. The largest absolute Gasteiger partial charge is 0.303 e. The molecule has 0 aromatic rings. The Balaban J connectivity index is 4.50. The smallest absolute Gasteiger partial charge is 0.200 e. The molecule has 0 bridgehead atoms. The van der Waals surface area contributed by atoms with Crippen LogP contribution in [0.25, 0.3) is 0 Å². The minimum absolute atomic E-state index is 0.343. The van der Waals surface area contributed by atoms with Crippen LogP contribution in [0.2, 0.25) is 0 Å². The van der Waals surface area contributed by atoms with E-state index in [1.165, 1.54) is 114 Å². The fourth-order valence-corrected chi connectivity index (χ4v) is 4.56. The van der Waals surface area contributed by atoms with Crippen molar-refractivity contribution in [3.05, 3.63) is 0 Å². The maximum absolute atomic E-state index is 5.90. The first-order valence-corrected chi connectivity index (χ1v) is 12.4. The van der Waals surface area contributed by atoms with Crippen LogP contribution in [-0.2, 0) is 0 Å². The van der Waals surface area contributed by atoms with Crippen molar-refractivity contribution in [1.82, 2.24) is 0 Å². The van der Waals surface area contributed by atoms with Crippen molar-refractivity contribution in [3.63, 3.8) is 0 Å². The Morgan fingerprint density at radius 2 is 1.00 bits per heavy atom. The first-order chi connectivity index (χ1) is 12.2. The van der Waals surface area contributed by atoms with Gasteiger partial charge in [0, 0.05) is 22.6 Å². The van der Waals surface area contributed by atoms with Gasteiger partial charge in [0.15, 0.2) is 0 Å². The fourth-order valence-electron chi connectivity index (χ4n) is 3.72. The number of terminal acetylenes is 1. The topological polar surface area (TPSA) is 0 Å². The summed E-state index contributed by atoms with van der Waals surface area (Å²) >= 11 is 2.54. The lowest BCUT2D eigenvalue weighted by atomic mass is 10.1. The average Bonchev–Trinajstić information content (AvgIpc) is 2.64. The van der Waals surface area contributed by atoms with Gasteiger partial charge in [0.2, 0.25) is 4.05 Å². The van der Waals surface area contributed by atoms with E-state index in [-0.39, 0.29) is 0 Å². The minimum atomic E-state index is 0.343. The highest BCUT2D eigenvalue weighted by atomic mass is 127. The molecule has 0 amide bonds. The zero-order valence-corrected chi connectivity index (χ0v) is 19.7. The molecule has 0 rings (SSSR count). The third kappa shape index (κ3) is 12.3. The van der Waals surface area contributed by atoms with Crippen LogP contribution in [0.1, 0.15) is 111 Å². The third-order valence-electron chi connectivity index (χ3n) is 5.49. The van der Waals surface area contributed by atoms with E-state index in [0.717, 1.165) is 0 Å². The summed E-state index contributed by atoms with van der Waals surface area (Å²) in [6, 6.07) is 0. The summed E-state index contributed by atoms with van der Waals surface area (Å²) in [6.45, 7) is 10.7. The SMILES string of the molecule is C#CC(I)[N+](CCCC)(CCCCCCCC)CCCCCCCC. The Hall–Kier alpha value is 0.250. The average molecular weight is 463 g/mol. The standard InChI is InChI=1S/C23H45IN/c1-5-9-12-14-16-18-21-25(20-11-7-3,23(24)8-4)22-19-17-15-13-10-6-2/h4,23H,5-7,9-22H2,1-3H3/q+1. The highest BCUT2D eigenvalue weighted by molar-refractivity contribution is 14.1. The highest BCUT2D eigenvalue weighted by Gasteiger charge is 2.32. The molecule has 1 unspecified atom stereocenters. The van der Waals surface area contributed by atoms with Crippen molar-refractivity contribution in [3.8, 4) is 12.3 Å². The van der Waals surface area contributed by atoms with Crippen molar-refractivity contribution in [2.45, 2.75) is 115 Å². The monoisotopic (exact) mass is 462 g/mol. The zero-order chi connectivity index (χ0) is 18.8. The Morgan fingerprint density at radius 1 is 0.640 bits per heavy atom. The number of quaternary nitrogens is 1. The van der Waals surface area contributed by atoms with Gasteiger partial charge in [0.1, 0.15) is 0 Å². The van der Waals surface area contributed by atoms with E-state index in [0.29, 0.717) is 4.05 Å². The van der Waals surface area contributed by atoms with E-state index in [9.17, 15) is 0 Å². The van der Waals surface area contributed by atoms with Gasteiger partial charge in [-0.3, -0.25) is 0 Å². The summed E-state index contributed by atoms with van der Waals surface area (Å²) in [5.74, 6) is 3.10. The molecule has 148 valence electrons. The van der Waals surface area contributed by atoms with Crippen LogP contribution in [0.15, 0.2) is 0 Å². The van der Waals surface area contributed by atoms with Gasteiger partial charge in [0.25, 0.3) is 0 Å². The Morgan fingerprint density at radius 3 is 1.40 bits per heavy atom. The molecule has 0 fully saturated rings. The van der Waals surface area contributed by atoms with E-state index in [1.54, 1.807) is 0 Å². The van der Waals surface area contributed by atoms with Crippen LogP contribution in [0.3, 0.4) is 0 Å². The molecular weight excluding hydrogens is 417 g/mol. The normalized spacial score (nSPS) is 12.9.